The number of hydrogen-bond donors (Lipinski definition) is 1. The Balaban J connectivity index is 1.74. The first kappa shape index (κ1) is 18.1. The van der Waals surface area contributed by atoms with E-state index < -0.39 is 0 Å². The van der Waals surface area contributed by atoms with E-state index in [0.29, 0.717) is 37.3 Å². The molecule has 7 nitrogen and oxygen atoms in total. The summed E-state index contributed by atoms with van der Waals surface area (Å²) in [5, 5.41) is 0. The number of likely N-dealkylation sites (tertiary alicyclic amines) is 1. The molecule has 1 N–H and O–H groups in total. The van der Waals surface area contributed by atoms with E-state index in [1.807, 2.05) is 4.90 Å². The van der Waals surface area contributed by atoms with E-state index in [1.54, 1.807) is 6.92 Å². The number of carbonyl (C=O) groups is 1. The van der Waals surface area contributed by atoms with Crippen LogP contribution in [-0.2, 0) is 9.53 Å². The standard InChI is InChI=1S/C18H28N4O3/c1-12(2)21-6-4-14(5-7-21)18(24)22-8-9-25-11-16(22)15-10-17(23)20-13(3)19-15/h10,12,14,16H,4-9,11H2,1-3H3,(H,19,20,23). The molecular formula is C18H28N4O3. The van der Waals surface area contributed by atoms with Gasteiger partial charge in [-0.25, -0.2) is 4.98 Å². The van der Waals surface area contributed by atoms with Gasteiger partial charge in [0.15, 0.2) is 0 Å². The number of carbonyl (C=O) groups excluding carboxylic acids is 1. The van der Waals surface area contributed by atoms with Gasteiger partial charge in [-0.2, -0.15) is 0 Å². The number of aryl methyl sites for hydroxylation is 1. The van der Waals surface area contributed by atoms with Crippen LogP contribution >= 0.6 is 0 Å². The van der Waals surface area contributed by atoms with Crippen LogP contribution < -0.4 is 5.56 Å². The zero-order valence-electron chi connectivity index (χ0n) is 15.3. The number of nitrogens with one attached hydrogen (secondary N) is 1. The highest BCUT2D eigenvalue weighted by atomic mass is 16.5. The molecule has 2 saturated heterocycles. The summed E-state index contributed by atoms with van der Waals surface area (Å²) in [5.74, 6) is 0.792. The molecule has 1 amide bonds. The van der Waals surface area contributed by atoms with Crippen LogP contribution in [0, 0.1) is 12.8 Å². The van der Waals surface area contributed by atoms with Gasteiger partial charge in [0.25, 0.3) is 5.56 Å². The molecule has 0 aliphatic carbocycles. The van der Waals surface area contributed by atoms with Crippen LogP contribution in [0.1, 0.15) is 44.2 Å². The van der Waals surface area contributed by atoms with Crippen molar-refractivity contribution in [1.82, 2.24) is 19.8 Å². The number of nitrogens with zero attached hydrogens (tertiary/aromatic N) is 3. The Morgan fingerprint density at radius 2 is 2.04 bits per heavy atom. The first-order valence-corrected chi connectivity index (χ1v) is 9.16. The van der Waals surface area contributed by atoms with Crippen molar-refractivity contribution in [2.45, 2.75) is 45.7 Å². The average molecular weight is 348 g/mol. The third-order valence-electron chi connectivity index (χ3n) is 5.24. The van der Waals surface area contributed by atoms with Gasteiger partial charge in [-0.1, -0.05) is 0 Å². The summed E-state index contributed by atoms with van der Waals surface area (Å²) in [7, 11) is 0. The Morgan fingerprint density at radius 3 is 2.68 bits per heavy atom. The molecule has 2 fully saturated rings. The summed E-state index contributed by atoms with van der Waals surface area (Å²) in [6.07, 6.45) is 1.78. The summed E-state index contributed by atoms with van der Waals surface area (Å²) in [5.41, 5.74) is 0.430. The van der Waals surface area contributed by atoms with Crippen LogP contribution in [0.4, 0.5) is 0 Å². The fourth-order valence-corrected chi connectivity index (χ4v) is 3.78. The second kappa shape index (κ2) is 7.66. The van der Waals surface area contributed by atoms with Crippen LogP contribution in [0.15, 0.2) is 10.9 Å². The number of ether oxygens (including phenoxy) is 1. The number of hydrogen-bond acceptors (Lipinski definition) is 5. The Hall–Kier alpha value is -1.73. The minimum atomic E-state index is -0.273. The number of aromatic nitrogens is 2. The van der Waals surface area contributed by atoms with Crippen molar-refractivity contribution in [2.75, 3.05) is 32.8 Å². The zero-order valence-corrected chi connectivity index (χ0v) is 15.3. The van der Waals surface area contributed by atoms with Gasteiger partial charge in [0.2, 0.25) is 5.91 Å². The SMILES string of the molecule is Cc1nc(C2COCCN2C(=O)C2CCN(C(C)C)CC2)cc(=O)[nH]1. The van der Waals surface area contributed by atoms with E-state index in [9.17, 15) is 9.59 Å². The molecule has 1 aromatic rings. The number of piperidine rings is 1. The number of amides is 1. The van der Waals surface area contributed by atoms with Crippen LogP contribution in [0.2, 0.25) is 0 Å². The third kappa shape index (κ3) is 4.10. The maximum absolute atomic E-state index is 13.1. The minimum absolute atomic E-state index is 0.0543. The highest BCUT2D eigenvalue weighted by Gasteiger charge is 2.35. The molecule has 3 rings (SSSR count). The Labute approximate surface area is 148 Å². The van der Waals surface area contributed by atoms with Crippen molar-refractivity contribution in [3.63, 3.8) is 0 Å². The second-order valence-corrected chi connectivity index (χ2v) is 7.28. The maximum Gasteiger partial charge on any atom is 0.251 e. The number of morpholine rings is 1. The lowest BCUT2D eigenvalue weighted by molar-refractivity contribution is -0.146. The van der Waals surface area contributed by atoms with E-state index >= 15 is 0 Å². The van der Waals surface area contributed by atoms with Crippen molar-refractivity contribution in [3.8, 4) is 0 Å². The molecule has 138 valence electrons. The van der Waals surface area contributed by atoms with Gasteiger partial charge in [-0.3, -0.25) is 9.59 Å². The van der Waals surface area contributed by atoms with Gasteiger partial charge in [-0.05, 0) is 46.7 Å². The summed E-state index contributed by atoms with van der Waals surface area (Å²) in [6.45, 7) is 9.56. The lowest BCUT2D eigenvalue weighted by atomic mass is 9.93. The predicted molar refractivity (Wildman–Crippen MR) is 94.3 cm³/mol. The van der Waals surface area contributed by atoms with Crippen molar-refractivity contribution in [3.05, 3.63) is 27.9 Å². The fraction of sp³-hybridized carbons (Fsp3) is 0.722. The van der Waals surface area contributed by atoms with Crippen molar-refractivity contribution in [1.29, 1.82) is 0 Å². The molecule has 1 atom stereocenters. The zero-order chi connectivity index (χ0) is 18.0. The molecule has 3 heterocycles. The number of aromatic amines is 1. The summed E-state index contributed by atoms with van der Waals surface area (Å²) in [4.78, 5) is 36.3. The highest BCUT2D eigenvalue weighted by Crippen LogP contribution is 2.28. The van der Waals surface area contributed by atoms with Gasteiger partial charge in [-0.15, -0.1) is 0 Å². The molecule has 0 bridgehead atoms. The van der Waals surface area contributed by atoms with E-state index in [4.69, 9.17) is 4.74 Å². The molecule has 7 heteroatoms. The Morgan fingerprint density at radius 1 is 1.32 bits per heavy atom. The molecule has 25 heavy (non-hydrogen) atoms. The smallest absolute Gasteiger partial charge is 0.251 e. The van der Waals surface area contributed by atoms with Crippen LogP contribution in [0.25, 0.3) is 0 Å². The average Bonchev–Trinajstić information content (AvgIpc) is 2.60. The minimum Gasteiger partial charge on any atom is -0.377 e. The lowest BCUT2D eigenvalue weighted by Gasteiger charge is -2.40. The normalized spacial score (nSPS) is 23.2. The number of H-pyrrole nitrogens is 1. The maximum atomic E-state index is 13.1. The molecule has 1 aromatic heterocycles. The highest BCUT2D eigenvalue weighted by molar-refractivity contribution is 5.79. The van der Waals surface area contributed by atoms with E-state index in [-0.39, 0.29) is 23.4 Å². The molecule has 2 aliphatic heterocycles. The van der Waals surface area contributed by atoms with Crippen LogP contribution in [0.3, 0.4) is 0 Å². The molecule has 0 aromatic carbocycles. The summed E-state index contributed by atoms with van der Waals surface area (Å²) in [6, 6.07) is 1.73. The predicted octanol–water partition coefficient (Wildman–Crippen LogP) is 1.10. The second-order valence-electron chi connectivity index (χ2n) is 7.28. The fourth-order valence-electron chi connectivity index (χ4n) is 3.78. The number of rotatable bonds is 3. The van der Waals surface area contributed by atoms with E-state index in [0.717, 1.165) is 25.9 Å². The van der Waals surface area contributed by atoms with E-state index in [2.05, 4.69) is 28.7 Å². The summed E-state index contributed by atoms with van der Waals surface area (Å²) < 4.78 is 5.58. The quantitative estimate of drug-likeness (QED) is 0.885. The van der Waals surface area contributed by atoms with E-state index in [1.165, 1.54) is 6.07 Å². The topological polar surface area (TPSA) is 78.5 Å². The molecular weight excluding hydrogens is 320 g/mol. The third-order valence-corrected chi connectivity index (χ3v) is 5.24. The first-order chi connectivity index (χ1) is 12.0. The van der Waals surface area contributed by atoms with Gasteiger partial charge in [0, 0.05) is 24.6 Å². The summed E-state index contributed by atoms with van der Waals surface area (Å²) >= 11 is 0. The van der Waals surface area contributed by atoms with Crippen LogP contribution in [-0.4, -0.2) is 64.6 Å². The molecule has 0 saturated carbocycles. The largest absolute Gasteiger partial charge is 0.377 e. The van der Waals surface area contributed by atoms with Crippen molar-refractivity contribution < 1.29 is 9.53 Å². The molecule has 0 radical (unpaired) electrons. The van der Waals surface area contributed by atoms with Gasteiger partial charge < -0.3 is 19.5 Å². The Bertz CT molecular complexity index is 665. The molecule has 0 spiro atoms. The van der Waals surface area contributed by atoms with Gasteiger partial charge in [0.05, 0.1) is 24.9 Å². The van der Waals surface area contributed by atoms with Crippen molar-refractivity contribution in [2.24, 2.45) is 5.92 Å². The molecule has 2 aliphatic rings. The lowest BCUT2D eigenvalue weighted by Crippen LogP contribution is -2.49. The Kier molecular flexibility index (Phi) is 5.54. The van der Waals surface area contributed by atoms with Gasteiger partial charge in [0.1, 0.15) is 5.82 Å². The first-order valence-electron chi connectivity index (χ1n) is 9.16. The van der Waals surface area contributed by atoms with Crippen molar-refractivity contribution >= 4 is 5.91 Å². The molecule has 1 unspecified atom stereocenters. The van der Waals surface area contributed by atoms with Gasteiger partial charge >= 0.3 is 0 Å². The monoisotopic (exact) mass is 348 g/mol. The van der Waals surface area contributed by atoms with Crippen LogP contribution in [0.5, 0.6) is 0 Å².